The fourth-order valence-electron chi connectivity index (χ4n) is 3.41. The minimum atomic E-state index is -0.339. The second-order valence-electron chi connectivity index (χ2n) is 7.21. The second-order valence-corrected chi connectivity index (χ2v) is 7.21. The third-order valence-electron chi connectivity index (χ3n) is 5.05. The maximum atomic E-state index is 13.0. The molecule has 0 saturated carbocycles. The van der Waals surface area contributed by atoms with Gasteiger partial charge >= 0.3 is 0 Å². The number of aryl methyl sites for hydroxylation is 4. The van der Waals surface area contributed by atoms with Crippen molar-refractivity contribution in [1.29, 1.82) is 0 Å². The van der Waals surface area contributed by atoms with Crippen molar-refractivity contribution in [3.63, 3.8) is 0 Å². The molecular weight excluding hydrogens is 366 g/mol. The molecule has 7 nitrogen and oxygen atoms in total. The number of benzene rings is 1. The smallest absolute Gasteiger partial charge is 0.264 e. The Morgan fingerprint density at radius 2 is 1.86 bits per heavy atom. The highest BCUT2D eigenvalue weighted by Gasteiger charge is 2.18. The van der Waals surface area contributed by atoms with E-state index < -0.39 is 0 Å². The van der Waals surface area contributed by atoms with Crippen molar-refractivity contribution in [1.82, 2.24) is 24.6 Å². The van der Waals surface area contributed by atoms with E-state index in [1.807, 2.05) is 61.9 Å². The van der Waals surface area contributed by atoms with Crippen molar-refractivity contribution >= 4 is 5.91 Å². The van der Waals surface area contributed by atoms with Crippen molar-refractivity contribution in [2.45, 2.75) is 46.7 Å². The molecule has 1 amide bonds. The van der Waals surface area contributed by atoms with Crippen LogP contribution in [0.1, 0.15) is 52.5 Å². The van der Waals surface area contributed by atoms with Crippen LogP contribution in [0.25, 0.3) is 0 Å². The SMILES string of the molecule is Cc1nc(C)n(CCCNC(=O)c2c(C)ccn(C(C)c3ccccc3)c2=O)n1. The first-order valence-electron chi connectivity index (χ1n) is 9.81. The van der Waals surface area contributed by atoms with E-state index in [1.165, 1.54) is 0 Å². The summed E-state index contributed by atoms with van der Waals surface area (Å²) >= 11 is 0. The fourth-order valence-corrected chi connectivity index (χ4v) is 3.41. The monoisotopic (exact) mass is 393 g/mol. The molecule has 0 aliphatic rings. The van der Waals surface area contributed by atoms with Gasteiger partial charge in [-0.25, -0.2) is 4.98 Å². The van der Waals surface area contributed by atoms with Gasteiger partial charge in [0, 0.05) is 19.3 Å². The number of carbonyl (C=O) groups is 1. The summed E-state index contributed by atoms with van der Waals surface area (Å²) in [5.74, 6) is 1.25. The van der Waals surface area contributed by atoms with Crippen molar-refractivity contribution in [2.24, 2.45) is 0 Å². The third-order valence-corrected chi connectivity index (χ3v) is 5.05. The van der Waals surface area contributed by atoms with E-state index in [0.717, 1.165) is 17.2 Å². The molecule has 1 unspecified atom stereocenters. The van der Waals surface area contributed by atoms with Gasteiger partial charge < -0.3 is 9.88 Å². The molecule has 0 aliphatic heterocycles. The molecule has 0 spiro atoms. The van der Waals surface area contributed by atoms with Gasteiger partial charge in [-0.3, -0.25) is 14.3 Å². The molecule has 0 fully saturated rings. The van der Waals surface area contributed by atoms with E-state index in [9.17, 15) is 9.59 Å². The maximum Gasteiger partial charge on any atom is 0.264 e. The molecule has 3 aromatic rings. The predicted octanol–water partition coefficient (Wildman–Crippen LogP) is 2.79. The van der Waals surface area contributed by atoms with Crippen LogP contribution in [-0.2, 0) is 6.54 Å². The molecule has 1 N–H and O–H groups in total. The van der Waals surface area contributed by atoms with Crippen molar-refractivity contribution in [3.05, 3.63) is 81.3 Å². The lowest BCUT2D eigenvalue weighted by Gasteiger charge is -2.17. The van der Waals surface area contributed by atoms with E-state index in [2.05, 4.69) is 15.4 Å². The number of hydrogen-bond acceptors (Lipinski definition) is 4. The summed E-state index contributed by atoms with van der Waals surface area (Å²) in [6.07, 6.45) is 2.46. The normalized spacial score (nSPS) is 12.0. The molecule has 152 valence electrons. The highest BCUT2D eigenvalue weighted by atomic mass is 16.2. The number of rotatable bonds is 7. The number of nitrogens with zero attached hydrogens (tertiary/aromatic N) is 4. The highest BCUT2D eigenvalue weighted by molar-refractivity contribution is 5.95. The Bertz CT molecular complexity index is 1050. The van der Waals surface area contributed by atoms with Gasteiger partial charge in [-0.15, -0.1) is 0 Å². The zero-order chi connectivity index (χ0) is 21.0. The van der Waals surface area contributed by atoms with E-state index >= 15 is 0 Å². The molecule has 0 bridgehead atoms. The first-order chi connectivity index (χ1) is 13.9. The van der Waals surface area contributed by atoms with E-state index in [0.29, 0.717) is 25.1 Å². The van der Waals surface area contributed by atoms with Crippen molar-refractivity contribution in [2.75, 3.05) is 6.54 Å². The molecule has 0 radical (unpaired) electrons. The summed E-state index contributed by atoms with van der Waals surface area (Å²) < 4.78 is 3.43. The molecule has 1 atom stereocenters. The molecule has 7 heteroatoms. The Labute approximate surface area is 170 Å². The van der Waals surface area contributed by atoms with Crippen LogP contribution in [-0.4, -0.2) is 31.8 Å². The van der Waals surface area contributed by atoms with E-state index in [4.69, 9.17) is 0 Å². The number of aromatic nitrogens is 4. The van der Waals surface area contributed by atoms with Gasteiger partial charge in [-0.2, -0.15) is 5.10 Å². The first kappa shape index (κ1) is 20.5. The Kier molecular flexibility index (Phi) is 6.26. The van der Waals surface area contributed by atoms with Crippen LogP contribution >= 0.6 is 0 Å². The van der Waals surface area contributed by atoms with E-state index in [-0.39, 0.29) is 23.1 Å². The topological polar surface area (TPSA) is 81.8 Å². The maximum absolute atomic E-state index is 13.0. The van der Waals surface area contributed by atoms with Gasteiger partial charge in [0.25, 0.3) is 11.5 Å². The van der Waals surface area contributed by atoms with Crippen molar-refractivity contribution in [3.8, 4) is 0 Å². The average Bonchev–Trinajstić information content (AvgIpc) is 3.02. The van der Waals surface area contributed by atoms with Gasteiger partial charge in [0.05, 0.1) is 6.04 Å². The summed E-state index contributed by atoms with van der Waals surface area (Å²) in [5, 5.41) is 7.18. The van der Waals surface area contributed by atoms with Crippen LogP contribution in [0.15, 0.2) is 47.4 Å². The number of carbonyl (C=O) groups excluding carboxylic acids is 1. The molecule has 0 saturated heterocycles. The first-order valence-corrected chi connectivity index (χ1v) is 9.81. The van der Waals surface area contributed by atoms with E-state index in [1.54, 1.807) is 17.7 Å². The number of nitrogens with one attached hydrogen (secondary N) is 1. The zero-order valence-electron chi connectivity index (χ0n) is 17.3. The Hall–Kier alpha value is -3.22. The highest BCUT2D eigenvalue weighted by Crippen LogP contribution is 2.16. The Balaban J connectivity index is 1.70. The molecule has 2 heterocycles. The lowest BCUT2D eigenvalue weighted by molar-refractivity contribution is 0.0949. The van der Waals surface area contributed by atoms with Crippen LogP contribution < -0.4 is 10.9 Å². The lowest BCUT2D eigenvalue weighted by atomic mass is 10.1. The van der Waals surface area contributed by atoms with Gasteiger partial charge in [0.1, 0.15) is 17.2 Å². The van der Waals surface area contributed by atoms with Gasteiger partial charge in [0.15, 0.2) is 0 Å². The molecule has 0 aliphatic carbocycles. The summed E-state index contributed by atoms with van der Waals surface area (Å²) in [4.78, 5) is 30.0. The molecule has 1 aromatic carbocycles. The van der Waals surface area contributed by atoms with Gasteiger partial charge in [0.2, 0.25) is 0 Å². The molecule has 29 heavy (non-hydrogen) atoms. The van der Waals surface area contributed by atoms with Crippen LogP contribution in [0.2, 0.25) is 0 Å². The Morgan fingerprint density at radius 1 is 1.14 bits per heavy atom. The third kappa shape index (κ3) is 4.62. The standard InChI is InChI=1S/C22H27N5O2/c1-15-11-14-26(16(2)19-9-6-5-7-10-19)22(29)20(15)21(28)23-12-8-13-27-18(4)24-17(3)25-27/h5-7,9-11,14,16H,8,12-13H2,1-4H3,(H,23,28). The van der Waals surface area contributed by atoms with Crippen LogP contribution in [0.3, 0.4) is 0 Å². The summed E-state index contributed by atoms with van der Waals surface area (Å²) in [7, 11) is 0. The van der Waals surface area contributed by atoms with Crippen LogP contribution in [0, 0.1) is 20.8 Å². The van der Waals surface area contributed by atoms with Crippen molar-refractivity contribution < 1.29 is 4.79 Å². The Morgan fingerprint density at radius 3 is 2.52 bits per heavy atom. The number of pyridine rings is 1. The minimum Gasteiger partial charge on any atom is -0.352 e. The predicted molar refractivity (Wildman–Crippen MR) is 112 cm³/mol. The summed E-state index contributed by atoms with van der Waals surface area (Å²) in [6, 6.07) is 11.4. The summed E-state index contributed by atoms with van der Waals surface area (Å²) in [5.41, 5.74) is 1.61. The number of amides is 1. The average molecular weight is 393 g/mol. The molecule has 3 rings (SSSR count). The van der Waals surface area contributed by atoms with Crippen LogP contribution in [0.4, 0.5) is 0 Å². The van der Waals surface area contributed by atoms with Crippen LogP contribution in [0.5, 0.6) is 0 Å². The zero-order valence-corrected chi connectivity index (χ0v) is 17.3. The summed E-state index contributed by atoms with van der Waals surface area (Å²) in [6.45, 7) is 8.62. The molecular formula is C22H27N5O2. The molecule has 2 aromatic heterocycles. The van der Waals surface area contributed by atoms with Gasteiger partial charge in [-0.1, -0.05) is 30.3 Å². The lowest BCUT2D eigenvalue weighted by Crippen LogP contribution is -2.35. The van der Waals surface area contributed by atoms with Gasteiger partial charge in [-0.05, 0) is 51.3 Å². The number of hydrogen-bond donors (Lipinski definition) is 1. The minimum absolute atomic E-state index is 0.158. The quantitative estimate of drug-likeness (QED) is 0.626. The second kappa shape index (κ2) is 8.86. The largest absolute Gasteiger partial charge is 0.352 e. The fraction of sp³-hybridized carbons (Fsp3) is 0.364.